The highest BCUT2D eigenvalue weighted by molar-refractivity contribution is 6.02. The number of fused-ring (bicyclic) bond motifs is 1. The van der Waals surface area contributed by atoms with Crippen molar-refractivity contribution in [2.24, 2.45) is 5.73 Å². The van der Waals surface area contributed by atoms with E-state index < -0.39 is 11.9 Å². The average molecular weight is 311 g/mol. The Kier molecular flexibility index (Phi) is 3.59. The third kappa shape index (κ3) is 3.07. The van der Waals surface area contributed by atoms with Gasteiger partial charge in [-0.2, -0.15) is 4.98 Å². The van der Waals surface area contributed by atoms with E-state index >= 15 is 0 Å². The van der Waals surface area contributed by atoms with E-state index in [9.17, 15) is 9.59 Å². The molecular weight excluding hydrogens is 298 g/mol. The fourth-order valence-corrected chi connectivity index (χ4v) is 2.01. The first kappa shape index (κ1) is 14.4. The van der Waals surface area contributed by atoms with E-state index in [1.54, 1.807) is 36.5 Å². The van der Waals surface area contributed by atoms with Gasteiger partial charge in [-0.1, -0.05) is 6.07 Å². The van der Waals surface area contributed by atoms with Gasteiger partial charge < -0.3 is 16.4 Å². The Bertz CT molecular complexity index is 903. The summed E-state index contributed by atoms with van der Waals surface area (Å²) in [5, 5.41) is 9.20. The number of benzene rings is 1. The van der Waals surface area contributed by atoms with Crippen molar-refractivity contribution in [1.29, 1.82) is 0 Å². The van der Waals surface area contributed by atoms with Gasteiger partial charge in [-0.3, -0.25) is 4.79 Å². The van der Waals surface area contributed by atoms with Crippen LogP contribution in [0, 0.1) is 6.92 Å². The van der Waals surface area contributed by atoms with Crippen molar-refractivity contribution >= 4 is 29.1 Å². The van der Waals surface area contributed by atoms with Crippen LogP contribution in [-0.2, 0) is 0 Å². The SMILES string of the molecule is Cc1ccnc2nc(C(=O)Nc3cccc(NC(N)=O)c3)nn12. The molecule has 0 aliphatic rings. The lowest BCUT2D eigenvalue weighted by Crippen LogP contribution is -2.19. The molecule has 0 spiro atoms. The van der Waals surface area contributed by atoms with Gasteiger partial charge in [0, 0.05) is 23.3 Å². The summed E-state index contributed by atoms with van der Waals surface area (Å²) in [5.74, 6) is -0.134. The van der Waals surface area contributed by atoms with Gasteiger partial charge in [0.05, 0.1) is 0 Å². The number of urea groups is 1. The van der Waals surface area contributed by atoms with Crippen LogP contribution in [0.3, 0.4) is 0 Å². The van der Waals surface area contributed by atoms with Crippen LogP contribution in [0.5, 0.6) is 0 Å². The van der Waals surface area contributed by atoms with Crippen molar-refractivity contribution < 1.29 is 9.59 Å². The van der Waals surface area contributed by atoms with Crippen molar-refractivity contribution in [3.05, 3.63) is 48.0 Å². The van der Waals surface area contributed by atoms with Crippen LogP contribution in [0.25, 0.3) is 5.78 Å². The highest BCUT2D eigenvalue weighted by Crippen LogP contribution is 2.15. The zero-order valence-corrected chi connectivity index (χ0v) is 12.1. The highest BCUT2D eigenvalue weighted by atomic mass is 16.2. The number of anilines is 2. The maximum Gasteiger partial charge on any atom is 0.316 e. The molecule has 0 fully saturated rings. The van der Waals surface area contributed by atoms with Crippen LogP contribution in [0.1, 0.15) is 16.3 Å². The number of aromatic nitrogens is 4. The Morgan fingerprint density at radius 2 is 1.91 bits per heavy atom. The number of nitrogens with zero attached hydrogens (tertiary/aromatic N) is 4. The molecule has 4 N–H and O–H groups in total. The summed E-state index contributed by atoms with van der Waals surface area (Å²) >= 11 is 0. The second-order valence-corrected chi connectivity index (χ2v) is 4.76. The summed E-state index contributed by atoms with van der Waals surface area (Å²) in [6, 6.07) is 7.64. The number of carbonyl (C=O) groups is 2. The summed E-state index contributed by atoms with van der Waals surface area (Å²) in [6.45, 7) is 1.84. The fraction of sp³-hybridized carbons (Fsp3) is 0.0714. The lowest BCUT2D eigenvalue weighted by Gasteiger charge is -2.05. The minimum atomic E-state index is -0.683. The monoisotopic (exact) mass is 311 g/mol. The fourth-order valence-electron chi connectivity index (χ4n) is 2.01. The lowest BCUT2D eigenvalue weighted by molar-refractivity contribution is 0.101. The molecule has 3 amide bonds. The van der Waals surface area contributed by atoms with Gasteiger partial charge in [-0.05, 0) is 31.2 Å². The summed E-state index contributed by atoms with van der Waals surface area (Å²) in [6.07, 6.45) is 1.60. The minimum absolute atomic E-state index is 0.0000588. The lowest BCUT2D eigenvalue weighted by atomic mass is 10.2. The number of primary amides is 1. The van der Waals surface area contributed by atoms with E-state index in [0.29, 0.717) is 17.2 Å². The standard InChI is InChI=1S/C14H13N7O2/c1-8-5-6-16-14-19-11(20-21(8)14)12(22)17-9-3-2-4-10(7-9)18-13(15)23/h2-7H,1H3,(H,17,22)(H3,15,18,23). The summed E-state index contributed by atoms with van der Waals surface area (Å²) in [7, 11) is 0. The maximum absolute atomic E-state index is 12.2. The number of aryl methyl sites for hydroxylation is 1. The molecular formula is C14H13N7O2. The van der Waals surface area contributed by atoms with Gasteiger partial charge in [-0.25, -0.2) is 14.3 Å². The van der Waals surface area contributed by atoms with Crippen molar-refractivity contribution in [2.75, 3.05) is 10.6 Å². The first-order valence-electron chi connectivity index (χ1n) is 6.69. The quantitative estimate of drug-likeness (QED) is 0.669. The molecule has 0 saturated carbocycles. The topological polar surface area (TPSA) is 127 Å². The molecule has 9 nitrogen and oxygen atoms in total. The van der Waals surface area contributed by atoms with Crippen molar-refractivity contribution in [1.82, 2.24) is 19.6 Å². The number of nitrogens with one attached hydrogen (secondary N) is 2. The molecule has 1 aromatic carbocycles. The van der Waals surface area contributed by atoms with E-state index in [1.165, 1.54) is 4.52 Å². The molecule has 3 rings (SSSR count). The second kappa shape index (κ2) is 5.72. The largest absolute Gasteiger partial charge is 0.351 e. The molecule has 0 radical (unpaired) electrons. The first-order chi connectivity index (χ1) is 11.0. The van der Waals surface area contributed by atoms with Gasteiger partial charge in [0.2, 0.25) is 5.82 Å². The highest BCUT2D eigenvalue weighted by Gasteiger charge is 2.14. The number of carbonyl (C=O) groups excluding carboxylic acids is 2. The van der Waals surface area contributed by atoms with E-state index in [0.717, 1.165) is 5.69 Å². The van der Waals surface area contributed by atoms with Gasteiger partial charge in [0.15, 0.2) is 0 Å². The molecule has 116 valence electrons. The Morgan fingerprint density at radius 1 is 1.17 bits per heavy atom. The van der Waals surface area contributed by atoms with E-state index in [-0.39, 0.29) is 5.82 Å². The third-order valence-corrected chi connectivity index (χ3v) is 3.02. The molecule has 0 saturated heterocycles. The molecule has 3 aromatic rings. The van der Waals surface area contributed by atoms with Crippen molar-refractivity contribution in [3.8, 4) is 0 Å². The van der Waals surface area contributed by atoms with E-state index in [4.69, 9.17) is 5.73 Å². The molecule has 0 atom stereocenters. The second-order valence-electron chi connectivity index (χ2n) is 4.76. The van der Waals surface area contributed by atoms with Gasteiger partial charge in [-0.15, -0.1) is 5.10 Å². The smallest absolute Gasteiger partial charge is 0.316 e. The summed E-state index contributed by atoms with van der Waals surface area (Å²) < 4.78 is 1.49. The van der Waals surface area contributed by atoms with E-state index in [2.05, 4.69) is 25.7 Å². The van der Waals surface area contributed by atoms with Crippen molar-refractivity contribution in [3.63, 3.8) is 0 Å². The zero-order valence-electron chi connectivity index (χ0n) is 12.1. The minimum Gasteiger partial charge on any atom is -0.351 e. The Balaban J connectivity index is 1.83. The number of hydrogen-bond acceptors (Lipinski definition) is 5. The normalized spacial score (nSPS) is 10.5. The number of nitrogens with two attached hydrogens (primary N) is 1. The van der Waals surface area contributed by atoms with Gasteiger partial charge in [0.25, 0.3) is 11.7 Å². The summed E-state index contributed by atoms with van der Waals surface area (Å²) in [5.41, 5.74) is 6.82. The maximum atomic E-state index is 12.2. The van der Waals surface area contributed by atoms with Crippen LogP contribution >= 0.6 is 0 Å². The molecule has 0 unspecified atom stereocenters. The first-order valence-corrected chi connectivity index (χ1v) is 6.69. The van der Waals surface area contributed by atoms with Gasteiger partial charge >= 0.3 is 6.03 Å². The third-order valence-electron chi connectivity index (χ3n) is 3.02. The van der Waals surface area contributed by atoms with Crippen LogP contribution < -0.4 is 16.4 Å². The predicted octanol–water partition coefficient (Wildman–Crippen LogP) is 1.18. The van der Waals surface area contributed by atoms with Crippen LogP contribution in [0.2, 0.25) is 0 Å². The van der Waals surface area contributed by atoms with Crippen molar-refractivity contribution in [2.45, 2.75) is 6.92 Å². The molecule has 2 heterocycles. The zero-order chi connectivity index (χ0) is 16.4. The van der Waals surface area contributed by atoms with E-state index in [1.807, 2.05) is 6.92 Å². The van der Waals surface area contributed by atoms with Gasteiger partial charge in [0.1, 0.15) is 0 Å². The number of rotatable bonds is 3. The molecule has 9 heteroatoms. The van der Waals surface area contributed by atoms with Crippen LogP contribution in [0.15, 0.2) is 36.5 Å². The Labute approximate surface area is 130 Å². The molecule has 2 aromatic heterocycles. The summed E-state index contributed by atoms with van der Waals surface area (Å²) in [4.78, 5) is 31.2. The Hall–Kier alpha value is -3.49. The molecule has 0 aliphatic carbocycles. The van der Waals surface area contributed by atoms with Crippen LogP contribution in [0.4, 0.5) is 16.2 Å². The number of amides is 3. The Morgan fingerprint density at radius 3 is 2.61 bits per heavy atom. The number of hydrogen-bond donors (Lipinski definition) is 3. The molecule has 0 aliphatic heterocycles. The predicted molar refractivity (Wildman–Crippen MR) is 83.1 cm³/mol. The average Bonchev–Trinajstić information content (AvgIpc) is 2.92. The van der Waals surface area contributed by atoms with Crippen LogP contribution in [-0.4, -0.2) is 31.5 Å². The molecule has 23 heavy (non-hydrogen) atoms. The molecule has 0 bridgehead atoms.